The van der Waals surface area contributed by atoms with Crippen LogP contribution in [0.5, 0.6) is 0 Å². The van der Waals surface area contributed by atoms with Crippen LogP contribution < -0.4 is 10.6 Å². The summed E-state index contributed by atoms with van der Waals surface area (Å²) in [6, 6.07) is 11.2. The van der Waals surface area contributed by atoms with E-state index >= 15 is 0 Å². The Hall–Kier alpha value is -1.88. The summed E-state index contributed by atoms with van der Waals surface area (Å²) < 4.78 is 0.986. The Balaban J connectivity index is 1.89. The molecule has 2 aromatic carbocycles. The lowest BCUT2D eigenvalue weighted by molar-refractivity contribution is -0.122. The molecule has 0 spiro atoms. The van der Waals surface area contributed by atoms with E-state index < -0.39 is 6.04 Å². The molecule has 1 aliphatic rings. The largest absolute Gasteiger partial charge is 0.344 e. The van der Waals surface area contributed by atoms with Crippen molar-refractivity contribution >= 4 is 44.2 Å². The summed E-state index contributed by atoms with van der Waals surface area (Å²) in [5.74, 6) is -0.228. The molecule has 20 heavy (non-hydrogen) atoms. The minimum absolute atomic E-state index is 0.0641. The van der Waals surface area contributed by atoms with Gasteiger partial charge in [-0.05, 0) is 23.9 Å². The lowest BCUT2D eigenvalue weighted by Gasteiger charge is -2.13. The zero-order valence-corrected chi connectivity index (χ0v) is 12.2. The van der Waals surface area contributed by atoms with E-state index in [9.17, 15) is 9.59 Å². The normalized spacial score (nSPS) is 18.1. The van der Waals surface area contributed by atoms with Crippen molar-refractivity contribution in [3.05, 3.63) is 40.9 Å². The van der Waals surface area contributed by atoms with Crippen LogP contribution in [0.15, 0.2) is 40.9 Å². The first kappa shape index (κ1) is 13.1. The van der Waals surface area contributed by atoms with Gasteiger partial charge in [0.15, 0.2) is 0 Å². The summed E-state index contributed by atoms with van der Waals surface area (Å²) in [6.07, 6.45) is 0.971. The first-order valence-electron chi connectivity index (χ1n) is 6.42. The highest BCUT2D eigenvalue weighted by Crippen LogP contribution is 2.30. The quantitative estimate of drug-likeness (QED) is 0.888. The van der Waals surface area contributed by atoms with E-state index in [0.717, 1.165) is 20.9 Å². The minimum atomic E-state index is -0.426. The Morgan fingerprint density at radius 1 is 1.20 bits per heavy atom. The molecule has 102 valence electrons. The highest BCUT2D eigenvalue weighted by atomic mass is 79.9. The maximum atomic E-state index is 12.2. The molecule has 4 nitrogen and oxygen atoms in total. The van der Waals surface area contributed by atoms with Gasteiger partial charge in [-0.1, -0.05) is 40.2 Å². The summed E-state index contributed by atoms with van der Waals surface area (Å²) in [6.45, 7) is 0. The number of halogens is 1. The van der Waals surface area contributed by atoms with Gasteiger partial charge in [-0.15, -0.1) is 0 Å². The van der Waals surface area contributed by atoms with Crippen LogP contribution in [0.2, 0.25) is 0 Å². The maximum Gasteiger partial charge on any atom is 0.246 e. The molecule has 0 aliphatic carbocycles. The van der Waals surface area contributed by atoms with E-state index in [1.54, 1.807) is 0 Å². The number of nitrogens with one attached hydrogen (secondary N) is 2. The molecular weight excluding hydrogens is 320 g/mol. The van der Waals surface area contributed by atoms with E-state index in [1.807, 2.05) is 36.4 Å². The summed E-state index contributed by atoms with van der Waals surface area (Å²) in [4.78, 5) is 23.3. The molecule has 2 N–H and O–H groups in total. The van der Waals surface area contributed by atoms with Crippen LogP contribution in [0.1, 0.15) is 12.8 Å². The van der Waals surface area contributed by atoms with Crippen LogP contribution >= 0.6 is 15.9 Å². The second kappa shape index (κ2) is 5.25. The first-order valence-corrected chi connectivity index (χ1v) is 7.22. The fourth-order valence-corrected chi connectivity index (χ4v) is 2.88. The van der Waals surface area contributed by atoms with Gasteiger partial charge in [-0.2, -0.15) is 0 Å². The monoisotopic (exact) mass is 332 g/mol. The number of carbonyl (C=O) groups excluding carboxylic acids is 2. The molecule has 1 heterocycles. The number of carbonyl (C=O) groups is 2. The third-order valence-corrected chi connectivity index (χ3v) is 4.13. The molecule has 1 unspecified atom stereocenters. The number of rotatable bonds is 2. The maximum absolute atomic E-state index is 12.2. The molecule has 5 heteroatoms. The van der Waals surface area contributed by atoms with Crippen LogP contribution in [0.3, 0.4) is 0 Å². The van der Waals surface area contributed by atoms with Crippen LogP contribution in [-0.4, -0.2) is 17.9 Å². The second-order valence-electron chi connectivity index (χ2n) is 4.79. The van der Waals surface area contributed by atoms with Crippen molar-refractivity contribution in [2.45, 2.75) is 18.9 Å². The molecular formula is C15H13BrN2O2. The zero-order valence-electron chi connectivity index (χ0n) is 10.7. The predicted molar refractivity (Wildman–Crippen MR) is 81.4 cm³/mol. The minimum Gasteiger partial charge on any atom is -0.344 e. The molecule has 3 rings (SSSR count). The van der Waals surface area contributed by atoms with Crippen molar-refractivity contribution < 1.29 is 9.59 Å². The van der Waals surface area contributed by atoms with Gasteiger partial charge in [0, 0.05) is 22.0 Å². The lowest BCUT2D eigenvalue weighted by atomic mass is 10.1. The topological polar surface area (TPSA) is 58.2 Å². The SMILES string of the molecule is O=C1CCC(C(=O)Nc2ccc(Br)c3ccccc23)N1. The van der Waals surface area contributed by atoms with Gasteiger partial charge in [0.1, 0.15) is 6.04 Å². The van der Waals surface area contributed by atoms with Crippen molar-refractivity contribution in [2.75, 3.05) is 5.32 Å². The average Bonchev–Trinajstić information content (AvgIpc) is 2.89. The van der Waals surface area contributed by atoms with Gasteiger partial charge in [-0.3, -0.25) is 9.59 Å². The number of fused-ring (bicyclic) bond motifs is 1. The highest BCUT2D eigenvalue weighted by Gasteiger charge is 2.27. The van der Waals surface area contributed by atoms with Crippen LogP contribution in [0.25, 0.3) is 10.8 Å². The smallest absolute Gasteiger partial charge is 0.246 e. The Morgan fingerprint density at radius 2 is 1.95 bits per heavy atom. The Morgan fingerprint density at radius 3 is 2.65 bits per heavy atom. The van der Waals surface area contributed by atoms with Crippen molar-refractivity contribution in [1.29, 1.82) is 0 Å². The van der Waals surface area contributed by atoms with E-state index in [4.69, 9.17) is 0 Å². The Bertz CT molecular complexity index is 699. The van der Waals surface area contributed by atoms with Gasteiger partial charge in [0.05, 0.1) is 0 Å². The van der Waals surface area contributed by atoms with Crippen molar-refractivity contribution in [3.63, 3.8) is 0 Å². The number of amides is 2. The third kappa shape index (κ3) is 2.41. The number of hydrogen-bond donors (Lipinski definition) is 2. The standard InChI is InChI=1S/C15H13BrN2O2/c16-11-5-6-12(10-4-2-1-3-9(10)11)18-15(20)13-7-8-14(19)17-13/h1-6,13H,7-8H2,(H,17,19)(H,18,20). The number of hydrogen-bond acceptors (Lipinski definition) is 2. The molecule has 1 fully saturated rings. The van der Waals surface area contributed by atoms with Crippen molar-refractivity contribution in [2.24, 2.45) is 0 Å². The zero-order chi connectivity index (χ0) is 14.1. The molecule has 1 saturated heterocycles. The van der Waals surface area contributed by atoms with Crippen LogP contribution in [-0.2, 0) is 9.59 Å². The molecule has 0 bridgehead atoms. The second-order valence-corrected chi connectivity index (χ2v) is 5.64. The number of benzene rings is 2. The van der Waals surface area contributed by atoms with E-state index in [1.165, 1.54) is 0 Å². The molecule has 1 aliphatic heterocycles. The van der Waals surface area contributed by atoms with Gasteiger partial charge in [0.2, 0.25) is 11.8 Å². The number of anilines is 1. The molecule has 0 aromatic heterocycles. The van der Waals surface area contributed by atoms with Crippen LogP contribution in [0.4, 0.5) is 5.69 Å². The van der Waals surface area contributed by atoms with Crippen LogP contribution in [0, 0.1) is 0 Å². The molecule has 0 radical (unpaired) electrons. The Labute approximate surface area is 124 Å². The van der Waals surface area contributed by atoms with E-state index in [2.05, 4.69) is 26.6 Å². The predicted octanol–water partition coefficient (Wildman–Crippen LogP) is 2.82. The third-order valence-electron chi connectivity index (χ3n) is 3.44. The highest BCUT2D eigenvalue weighted by molar-refractivity contribution is 9.10. The average molecular weight is 333 g/mol. The molecule has 2 amide bonds. The lowest BCUT2D eigenvalue weighted by Crippen LogP contribution is -2.37. The summed E-state index contributed by atoms with van der Waals surface area (Å²) >= 11 is 3.50. The fraction of sp³-hybridized carbons (Fsp3) is 0.200. The van der Waals surface area contributed by atoms with E-state index in [-0.39, 0.29) is 11.8 Å². The summed E-state index contributed by atoms with van der Waals surface area (Å²) in [5.41, 5.74) is 0.759. The van der Waals surface area contributed by atoms with Gasteiger partial charge >= 0.3 is 0 Å². The summed E-state index contributed by atoms with van der Waals surface area (Å²) in [7, 11) is 0. The van der Waals surface area contributed by atoms with Crippen molar-refractivity contribution in [3.8, 4) is 0 Å². The summed E-state index contributed by atoms with van der Waals surface area (Å²) in [5, 5.41) is 7.59. The van der Waals surface area contributed by atoms with Gasteiger partial charge in [0.25, 0.3) is 0 Å². The van der Waals surface area contributed by atoms with Gasteiger partial charge in [-0.25, -0.2) is 0 Å². The molecule has 1 atom stereocenters. The van der Waals surface area contributed by atoms with Gasteiger partial charge < -0.3 is 10.6 Å². The fourth-order valence-electron chi connectivity index (χ4n) is 2.40. The first-order chi connectivity index (χ1) is 9.65. The van der Waals surface area contributed by atoms with E-state index in [0.29, 0.717) is 12.8 Å². The Kier molecular flexibility index (Phi) is 3.44. The van der Waals surface area contributed by atoms with Crippen molar-refractivity contribution in [1.82, 2.24) is 5.32 Å². The molecule has 2 aromatic rings. The molecule has 0 saturated carbocycles.